The predicted octanol–water partition coefficient (Wildman–Crippen LogP) is 18.8. The highest BCUT2D eigenvalue weighted by atomic mass is 31.2. The summed E-state index contributed by atoms with van der Waals surface area (Å²) in [5.41, 5.74) is 0. The van der Waals surface area contributed by atoms with Crippen LogP contribution in [0.4, 0.5) is 0 Å². The number of carbonyl (C=O) groups excluding carboxylic acids is 1. The third-order valence-corrected chi connectivity index (χ3v) is 15.7. The molecule has 0 aliphatic rings. The van der Waals surface area contributed by atoms with E-state index in [1.807, 2.05) is 27.2 Å². The van der Waals surface area contributed by atoms with E-state index in [1.165, 1.54) is 270 Å². The van der Waals surface area contributed by atoms with E-state index in [-0.39, 0.29) is 19.1 Å². The molecule has 0 aromatic rings. The molecule has 0 saturated heterocycles. The minimum atomic E-state index is -4.59. The van der Waals surface area contributed by atoms with Gasteiger partial charge in [-0.3, -0.25) is 9.36 Å². The number of hydrogen-bond donors (Lipinski definition) is 2. The molecule has 0 aromatic heterocycles. The van der Waals surface area contributed by atoms with E-state index in [2.05, 4.69) is 19.2 Å². The number of aliphatic hydroxyl groups excluding tert-OH is 1. The topological polar surface area (TPSA) is 108 Å². The summed E-state index contributed by atoms with van der Waals surface area (Å²) < 4.78 is 23.3. The molecule has 9 heteroatoms. The molecule has 2 N–H and O–H groups in total. The Kier molecular flexibility index (Phi) is 53.5. The monoisotopic (exact) mass is 1020 g/mol. The van der Waals surface area contributed by atoms with Crippen molar-refractivity contribution in [1.29, 1.82) is 0 Å². The lowest BCUT2D eigenvalue weighted by atomic mass is 10.0. The van der Waals surface area contributed by atoms with Crippen molar-refractivity contribution < 1.29 is 32.9 Å². The van der Waals surface area contributed by atoms with Crippen LogP contribution in [-0.4, -0.2) is 68.5 Å². The summed E-state index contributed by atoms with van der Waals surface area (Å²) in [6, 6.07) is -0.881. The highest BCUT2D eigenvalue weighted by Gasteiger charge is 2.23. The third kappa shape index (κ3) is 56.8. The summed E-state index contributed by atoms with van der Waals surface area (Å²) in [6.45, 7) is 4.69. The van der Waals surface area contributed by atoms with Crippen LogP contribution in [0.15, 0.2) is 12.2 Å². The number of likely N-dealkylation sites (N-methyl/N-ethyl adjacent to an activating group) is 1. The molecule has 0 heterocycles. The maximum absolute atomic E-state index is 13.0. The van der Waals surface area contributed by atoms with Crippen LogP contribution < -0.4 is 10.2 Å². The molecule has 0 bridgehead atoms. The second-order valence-corrected chi connectivity index (χ2v) is 24.5. The third-order valence-electron chi connectivity index (χ3n) is 14.7. The number of quaternary nitrogens is 1. The predicted molar refractivity (Wildman–Crippen MR) is 307 cm³/mol. The van der Waals surface area contributed by atoms with Gasteiger partial charge in [0.25, 0.3) is 7.82 Å². The maximum atomic E-state index is 13.0. The second kappa shape index (κ2) is 54.0. The standard InChI is InChI=1S/C62H125N2O6P/c1-6-8-10-12-14-16-18-20-22-23-24-25-26-27-28-29-30-31-32-33-34-35-36-37-38-39-40-41-42-44-46-48-50-52-54-56-62(66)63-60(59-70-71(67,68)69-58-57-64(3,4)5)61(65)55-53-51-49-47-45-43-21-19-17-15-13-11-9-7-2/h53,55,60-61,65H,6-52,54,56-59H2,1-5H3,(H-,63,66,67,68)/b55-53+/t60-,61+/m0/s1. The summed E-state index contributed by atoms with van der Waals surface area (Å²) in [5, 5.41) is 13.9. The molecule has 0 rings (SSSR count). The minimum absolute atomic E-state index is 0.00254. The fourth-order valence-corrected chi connectivity index (χ4v) is 10.5. The van der Waals surface area contributed by atoms with E-state index >= 15 is 0 Å². The zero-order valence-electron chi connectivity index (χ0n) is 48.5. The van der Waals surface area contributed by atoms with E-state index in [9.17, 15) is 19.4 Å². The van der Waals surface area contributed by atoms with Crippen molar-refractivity contribution >= 4 is 13.7 Å². The number of aliphatic hydroxyl groups is 1. The fraction of sp³-hybridized carbons (Fsp3) is 0.952. The molecule has 3 atom stereocenters. The smallest absolute Gasteiger partial charge is 0.268 e. The Morgan fingerprint density at radius 1 is 0.479 bits per heavy atom. The molecule has 71 heavy (non-hydrogen) atoms. The number of hydrogen-bond acceptors (Lipinski definition) is 6. The van der Waals surface area contributed by atoms with E-state index in [1.54, 1.807) is 6.08 Å². The van der Waals surface area contributed by atoms with Crippen LogP contribution in [0.1, 0.15) is 328 Å². The molecule has 8 nitrogen and oxygen atoms in total. The van der Waals surface area contributed by atoms with Crippen molar-refractivity contribution in [3.63, 3.8) is 0 Å². The lowest BCUT2D eigenvalue weighted by molar-refractivity contribution is -0.870. The van der Waals surface area contributed by atoms with Crippen molar-refractivity contribution in [3.05, 3.63) is 12.2 Å². The zero-order valence-corrected chi connectivity index (χ0v) is 49.4. The molecule has 424 valence electrons. The van der Waals surface area contributed by atoms with Gasteiger partial charge in [0.2, 0.25) is 5.91 Å². The average Bonchev–Trinajstić information content (AvgIpc) is 3.33. The zero-order chi connectivity index (χ0) is 52.0. The molecule has 0 radical (unpaired) electrons. The van der Waals surface area contributed by atoms with Crippen LogP contribution in [-0.2, 0) is 18.4 Å². The van der Waals surface area contributed by atoms with Crippen molar-refractivity contribution in [2.24, 2.45) is 0 Å². The molecule has 1 unspecified atom stereocenters. The summed E-state index contributed by atoms with van der Waals surface area (Å²) in [5.74, 6) is -0.190. The van der Waals surface area contributed by atoms with E-state index in [0.29, 0.717) is 17.4 Å². The van der Waals surface area contributed by atoms with Crippen LogP contribution in [0.25, 0.3) is 0 Å². The Labute approximate surface area is 443 Å². The van der Waals surface area contributed by atoms with Gasteiger partial charge in [-0.05, 0) is 19.3 Å². The molecule has 0 saturated carbocycles. The lowest BCUT2D eigenvalue weighted by Crippen LogP contribution is -2.45. The molecular formula is C62H125N2O6P. The maximum Gasteiger partial charge on any atom is 0.268 e. The first-order valence-electron chi connectivity index (χ1n) is 31.6. The van der Waals surface area contributed by atoms with Gasteiger partial charge in [0.15, 0.2) is 0 Å². The Morgan fingerprint density at radius 3 is 1.06 bits per heavy atom. The number of carbonyl (C=O) groups is 1. The molecule has 0 fully saturated rings. The molecule has 1 amide bonds. The van der Waals surface area contributed by atoms with Crippen LogP contribution >= 0.6 is 7.82 Å². The van der Waals surface area contributed by atoms with Gasteiger partial charge < -0.3 is 28.8 Å². The van der Waals surface area contributed by atoms with Crippen molar-refractivity contribution in [2.45, 2.75) is 341 Å². The Balaban J connectivity index is 3.91. The quantitative estimate of drug-likeness (QED) is 0.0272. The highest BCUT2D eigenvalue weighted by Crippen LogP contribution is 2.38. The lowest BCUT2D eigenvalue weighted by Gasteiger charge is -2.29. The van der Waals surface area contributed by atoms with Crippen molar-refractivity contribution in [1.82, 2.24) is 5.32 Å². The van der Waals surface area contributed by atoms with Crippen LogP contribution in [0.3, 0.4) is 0 Å². The number of rotatable bonds is 59. The first-order valence-corrected chi connectivity index (χ1v) is 33.0. The molecule has 0 aliphatic carbocycles. The largest absolute Gasteiger partial charge is 0.756 e. The number of nitrogens with zero attached hydrogens (tertiary/aromatic N) is 1. The van der Waals surface area contributed by atoms with Gasteiger partial charge >= 0.3 is 0 Å². The van der Waals surface area contributed by atoms with Crippen molar-refractivity contribution in [2.75, 3.05) is 40.9 Å². The average molecular weight is 1030 g/mol. The normalized spacial score (nSPS) is 13.8. The Hall–Kier alpha value is -0.760. The number of phosphoric ester groups is 1. The SMILES string of the molecule is CCCCCCCCCCCCCC/C=C/[C@@H](O)[C@H](COP(=O)([O-])OCC[N+](C)(C)C)NC(=O)CCCCCCCCCCCCCCCCCCCCCCCCCCCCCCCCCCCCC. The molecular weight excluding hydrogens is 900 g/mol. The summed E-state index contributed by atoms with van der Waals surface area (Å²) in [4.78, 5) is 25.5. The second-order valence-electron chi connectivity index (χ2n) is 23.1. The Morgan fingerprint density at radius 2 is 0.761 bits per heavy atom. The summed E-state index contributed by atoms with van der Waals surface area (Å²) in [6.07, 6.45) is 67.5. The first kappa shape index (κ1) is 70.2. The van der Waals surface area contributed by atoms with Crippen molar-refractivity contribution in [3.8, 4) is 0 Å². The summed E-state index contributed by atoms with van der Waals surface area (Å²) >= 11 is 0. The van der Waals surface area contributed by atoms with Gasteiger partial charge in [0.05, 0.1) is 39.9 Å². The number of phosphoric acid groups is 1. The van der Waals surface area contributed by atoms with Gasteiger partial charge in [-0.2, -0.15) is 0 Å². The van der Waals surface area contributed by atoms with Gasteiger partial charge in [0, 0.05) is 6.42 Å². The van der Waals surface area contributed by atoms with Crippen LogP contribution in [0.5, 0.6) is 0 Å². The van der Waals surface area contributed by atoms with Gasteiger partial charge in [-0.15, -0.1) is 0 Å². The highest BCUT2D eigenvalue weighted by molar-refractivity contribution is 7.45. The molecule has 0 aliphatic heterocycles. The first-order chi connectivity index (χ1) is 34.5. The number of unbranched alkanes of at least 4 members (excludes halogenated alkanes) is 46. The van der Waals surface area contributed by atoms with Gasteiger partial charge in [-0.25, -0.2) is 0 Å². The van der Waals surface area contributed by atoms with E-state index < -0.39 is 20.0 Å². The van der Waals surface area contributed by atoms with Crippen LogP contribution in [0, 0.1) is 0 Å². The number of allylic oxidation sites excluding steroid dienone is 1. The fourth-order valence-electron chi connectivity index (χ4n) is 9.81. The van der Waals surface area contributed by atoms with Gasteiger partial charge in [0.1, 0.15) is 13.2 Å². The molecule has 0 aromatic carbocycles. The minimum Gasteiger partial charge on any atom is -0.756 e. The van der Waals surface area contributed by atoms with E-state index in [4.69, 9.17) is 9.05 Å². The Bertz CT molecular complexity index is 1160. The van der Waals surface area contributed by atoms with Crippen LogP contribution in [0.2, 0.25) is 0 Å². The molecule has 0 spiro atoms. The van der Waals surface area contributed by atoms with Gasteiger partial charge in [-0.1, -0.05) is 315 Å². The number of nitrogens with one attached hydrogen (secondary N) is 1. The number of amides is 1. The summed E-state index contributed by atoms with van der Waals surface area (Å²) in [7, 11) is 1.28. The van der Waals surface area contributed by atoms with E-state index in [0.717, 1.165) is 38.5 Å².